The number of aromatic nitrogens is 4. The molecule has 5 rings (SSSR count). The second kappa shape index (κ2) is 10.3. The van der Waals surface area contributed by atoms with E-state index < -0.39 is 5.97 Å². The Morgan fingerprint density at radius 2 is 1.95 bits per heavy atom. The summed E-state index contributed by atoms with van der Waals surface area (Å²) in [4.78, 5) is 41.2. The van der Waals surface area contributed by atoms with Crippen molar-refractivity contribution >= 4 is 29.2 Å². The molecule has 0 spiro atoms. The van der Waals surface area contributed by atoms with Crippen LogP contribution in [0, 0.1) is 0 Å². The predicted molar refractivity (Wildman–Crippen MR) is 143 cm³/mol. The third-order valence-electron chi connectivity index (χ3n) is 7.42. The maximum absolute atomic E-state index is 12.5. The zero-order valence-electron chi connectivity index (χ0n) is 22.1. The largest absolute Gasteiger partial charge is 0.494 e. The maximum atomic E-state index is 12.5. The van der Waals surface area contributed by atoms with Gasteiger partial charge in [0, 0.05) is 19.5 Å². The Hall–Kier alpha value is -4.15. The van der Waals surface area contributed by atoms with E-state index in [2.05, 4.69) is 27.4 Å². The van der Waals surface area contributed by atoms with Crippen LogP contribution in [0.15, 0.2) is 24.5 Å². The summed E-state index contributed by atoms with van der Waals surface area (Å²) < 4.78 is 7.45. The van der Waals surface area contributed by atoms with Gasteiger partial charge in [0.2, 0.25) is 0 Å². The van der Waals surface area contributed by atoms with E-state index in [0.717, 1.165) is 31.5 Å². The number of hydrogen-bond acceptors (Lipinski definition) is 8. The fourth-order valence-corrected chi connectivity index (χ4v) is 5.73. The number of aromatic carboxylic acids is 1. The fraction of sp³-hybridized carbons (Fsp3) is 0.444. The molecule has 3 heterocycles. The van der Waals surface area contributed by atoms with E-state index in [1.54, 1.807) is 25.5 Å². The average molecular weight is 520 g/mol. The van der Waals surface area contributed by atoms with E-state index in [0.29, 0.717) is 52.9 Å². The highest BCUT2D eigenvalue weighted by Gasteiger charge is 2.41. The van der Waals surface area contributed by atoms with Crippen molar-refractivity contribution < 1.29 is 19.4 Å². The van der Waals surface area contributed by atoms with Gasteiger partial charge in [-0.2, -0.15) is 0 Å². The molecular weight excluding hydrogens is 486 g/mol. The molecule has 200 valence electrons. The molecule has 0 saturated heterocycles. The third-order valence-corrected chi connectivity index (χ3v) is 7.42. The zero-order chi connectivity index (χ0) is 27.0. The number of fused-ring (bicyclic) bond motifs is 3. The van der Waals surface area contributed by atoms with Crippen LogP contribution in [0.2, 0.25) is 0 Å². The number of nitrogens with zero attached hydrogens (tertiary/aromatic N) is 5. The van der Waals surface area contributed by atoms with Crippen molar-refractivity contribution in [2.45, 2.75) is 64.5 Å². The molecule has 2 aromatic heterocycles. The number of amides is 1. The monoisotopic (exact) mass is 519 g/mol. The van der Waals surface area contributed by atoms with Gasteiger partial charge in [0.1, 0.15) is 17.8 Å². The Balaban J connectivity index is 1.75. The quantitative estimate of drug-likeness (QED) is 0.399. The molecule has 0 bridgehead atoms. The number of hydrogen-bond donors (Lipinski definition) is 3. The smallest absolute Gasteiger partial charge is 0.356 e. The number of carbonyl (C=O) groups is 2. The number of nitrogens with one attached hydrogen (secondary N) is 2. The maximum Gasteiger partial charge on any atom is 0.356 e. The molecule has 0 radical (unpaired) electrons. The number of imidazole rings is 1. The molecular formula is C27H33N7O4. The molecule has 1 atom stereocenters. The van der Waals surface area contributed by atoms with Gasteiger partial charge in [-0.15, -0.1) is 0 Å². The lowest BCUT2D eigenvalue weighted by molar-refractivity contribution is 0.0688. The minimum Gasteiger partial charge on any atom is -0.494 e. The SMILES string of the molecule is CCc1nc(Nc2cccc(C(=O)NC)c2OC)c2c(n1)N(C1CCCC1)[C@H](CC)c1c(C(=O)O)ncn1-2. The van der Waals surface area contributed by atoms with Crippen LogP contribution in [0.1, 0.15) is 84.4 Å². The Kier molecular flexibility index (Phi) is 6.92. The van der Waals surface area contributed by atoms with Crippen LogP contribution in [0.25, 0.3) is 5.69 Å². The van der Waals surface area contributed by atoms with E-state index in [-0.39, 0.29) is 23.7 Å². The number of benzene rings is 1. The number of para-hydroxylation sites is 1. The normalized spacial score (nSPS) is 16.6. The lowest BCUT2D eigenvalue weighted by Gasteiger charge is -2.42. The number of rotatable bonds is 8. The Bertz CT molecular complexity index is 1380. The van der Waals surface area contributed by atoms with E-state index in [1.165, 1.54) is 7.11 Å². The molecule has 11 nitrogen and oxygen atoms in total. The standard InChI is InChI=1S/C27H33N7O4/c1-5-18-21-20(27(36)37)29-14-33(21)22-24(30-17-13-9-12-16(23(17)38-4)26(35)28-3)31-19(6-2)32-25(22)34(18)15-10-7-8-11-15/h9,12-15,18H,5-8,10-11H2,1-4H3,(H,28,35)(H,36,37)(H,30,31,32)/t18-/m1/s1. The van der Waals surface area contributed by atoms with Crippen molar-refractivity contribution in [1.29, 1.82) is 0 Å². The van der Waals surface area contributed by atoms with Gasteiger partial charge in [-0.25, -0.2) is 19.7 Å². The van der Waals surface area contributed by atoms with Gasteiger partial charge in [-0.3, -0.25) is 9.36 Å². The molecule has 11 heteroatoms. The summed E-state index contributed by atoms with van der Waals surface area (Å²) >= 11 is 0. The second-order valence-corrected chi connectivity index (χ2v) is 9.53. The molecule has 1 aromatic carbocycles. The first-order chi connectivity index (χ1) is 18.4. The van der Waals surface area contributed by atoms with Gasteiger partial charge < -0.3 is 25.4 Å². The van der Waals surface area contributed by atoms with Crippen LogP contribution >= 0.6 is 0 Å². The van der Waals surface area contributed by atoms with Crippen LogP contribution < -0.4 is 20.3 Å². The lowest BCUT2D eigenvalue weighted by atomic mass is 10.00. The predicted octanol–water partition coefficient (Wildman–Crippen LogP) is 4.25. The minimum absolute atomic E-state index is 0.0372. The first kappa shape index (κ1) is 25.5. The summed E-state index contributed by atoms with van der Waals surface area (Å²) in [5, 5.41) is 16.0. The summed E-state index contributed by atoms with van der Waals surface area (Å²) in [6, 6.07) is 5.33. The van der Waals surface area contributed by atoms with E-state index in [4.69, 9.17) is 14.7 Å². The van der Waals surface area contributed by atoms with Crippen LogP contribution in [-0.4, -0.2) is 56.7 Å². The molecule has 1 aliphatic carbocycles. The van der Waals surface area contributed by atoms with Crippen LogP contribution in [-0.2, 0) is 6.42 Å². The number of carboxylic acids is 1. The van der Waals surface area contributed by atoms with Crippen molar-refractivity contribution in [3.05, 3.63) is 47.3 Å². The number of aryl methyl sites for hydroxylation is 1. The first-order valence-electron chi connectivity index (χ1n) is 13.1. The van der Waals surface area contributed by atoms with Gasteiger partial charge in [-0.1, -0.05) is 32.8 Å². The summed E-state index contributed by atoms with van der Waals surface area (Å²) in [6.07, 6.45) is 7.15. The summed E-state index contributed by atoms with van der Waals surface area (Å²) in [7, 11) is 3.08. The molecule has 1 amide bonds. The molecule has 3 aromatic rings. The summed E-state index contributed by atoms with van der Waals surface area (Å²) in [5.41, 5.74) is 2.24. The number of ether oxygens (including phenoxy) is 1. The molecule has 2 aliphatic rings. The average Bonchev–Trinajstić information content (AvgIpc) is 3.62. The van der Waals surface area contributed by atoms with Crippen molar-refractivity contribution in [3.8, 4) is 11.4 Å². The topological polar surface area (TPSA) is 134 Å². The minimum atomic E-state index is -1.06. The highest BCUT2D eigenvalue weighted by atomic mass is 16.5. The number of methoxy groups -OCH3 is 1. The summed E-state index contributed by atoms with van der Waals surface area (Å²) in [6.45, 7) is 4.07. The molecule has 1 fully saturated rings. The first-order valence-corrected chi connectivity index (χ1v) is 13.1. The fourth-order valence-electron chi connectivity index (χ4n) is 5.73. The molecule has 1 aliphatic heterocycles. The number of anilines is 3. The molecule has 1 saturated carbocycles. The molecule has 3 N–H and O–H groups in total. The lowest BCUT2D eigenvalue weighted by Crippen LogP contribution is -2.42. The van der Waals surface area contributed by atoms with Crippen LogP contribution in [0.4, 0.5) is 17.3 Å². The zero-order valence-corrected chi connectivity index (χ0v) is 22.1. The Labute approximate surface area is 221 Å². The van der Waals surface area contributed by atoms with Crippen molar-refractivity contribution in [1.82, 2.24) is 24.8 Å². The second-order valence-electron chi connectivity index (χ2n) is 9.53. The van der Waals surface area contributed by atoms with Crippen molar-refractivity contribution in [2.75, 3.05) is 24.4 Å². The van der Waals surface area contributed by atoms with Gasteiger partial charge in [-0.05, 0) is 31.4 Å². The van der Waals surface area contributed by atoms with E-state index in [9.17, 15) is 14.7 Å². The molecule has 0 unspecified atom stereocenters. The highest BCUT2D eigenvalue weighted by molar-refractivity contribution is 5.99. The highest BCUT2D eigenvalue weighted by Crippen LogP contribution is 2.47. The van der Waals surface area contributed by atoms with Crippen LogP contribution in [0.3, 0.4) is 0 Å². The molecule has 38 heavy (non-hydrogen) atoms. The van der Waals surface area contributed by atoms with Gasteiger partial charge in [0.05, 0.1) is 30.1 Å². The van der Waals surface area contributed by atoms with Gasteiger partial charge >= 0.3 is 5.97 Å². The summed E-state index contributed by atoms with van der Waals surface area (Å²) in [5.74, 6) is 0.962. The third kappa shape index (κ3) is 4.11. The van der Waals surface area contributed by atoms with Gasteiger partial charge in [0.25, 0.3) is 5.91 Å². The number of carbonyl (C=O) groups excluding carboxylic acids is 1. The van der Waals surface area contributed by atoms with Crippen molar-refractivity contribution in [2.24, 2.45) is 0 Å². The van der Waals surface area contributed by atoms with E-state index in [1.807, 2.05) is 17.6 Å². The Morgan fingerprint density at radius 1 is 1.18 bits per heavy atom. The van der Waals surface area contributed by atoms with Gasteiger partial charge in [0.15, 0.2) is 23.1 Å². The number of carboxylic acid groups (broad SMARTS) is 1. The van der Waals surface area contributed by atoms with Crippen molar-refractivity contribution in [3.63, 3.8) is 0 Å². The van der Waals surface area contributed by atoms with E-state index >= 15 is 0 Å². The Morgan fingerprint density at radius 3 is 2.58 bits per heavy atom. The van der Waals surface area contributed by atoms with Crippen LogP contribution in [0.5, 0.6) is 5.75 Å².